The topological polar surface area (TPSA) is 91.2 Å². The zero-order valence-electron chi connectivity index (χ0n) is 10.6. The fraction of sp³-hybridized carbons (Fsp3) is 0.538. The van der Waals surface area contributed by atoms with Crippen molar-refractivity contribution in [3.8, 4) is 5.88 Å². The van der Waals surface area contributed by atoms with Gasteiger partial charge in [-0.05, 0) is 44.2 Å². The number of aryl methyl sites for hydroxylation is 1. The fourth-order valence-corrected chi connectivity index (χ4v) is 2.37. The second-order valence-corrected chi connectivity index (χ2v) is 4.84. The molecule has 1 aliphatic rings. The first-order chi connectivity index (χ1) is 8.58. The number of primary amides is 1. The molecule has 1 aromatic rings. The second-order valence-electron chi connectivity index (χ2n) is 4.84. The van der Waals surface area contributed by atoms with Gasteiger partial charge < -0.3 is 16.2 Å². The van der Waals surface area contributed by atoms with Crippen molar-refractivity contribution < 1.29 is 9.53 Å². The Kier molecular flexibility index (Phi) is 3.81. The summed E-state index contributed by atoms with van der Waals surface area (Å²) < 4.78 is 5.81. The highest BCUT2D eigenvalue weighted by Crippen LogP contribution is 2.25. The number of carbonyl (C=O) groups excluding carboxylic acids is 1. The van der Waals surface area contributed by atoms with E-state index in [9.17, 15) is 4.79 Å². The summed E-state index contributed by atoms with van der Waals surface area (Å²) in [6.07, 6.45) is 5.48. The van der Waals surface area contributed by atoms with Crippen molar-refractivity contribution in [3.63, 3.8) is 0 Å². The van der Waals surface area contributed by atoms with Crippen molar-refractivity contribution in [3.05, 3.63) is 23.4 Å². The van der Waals surface area contributed by atoms with E-state index in [1.807, 2.05) is 6.92 Å². The molecule has 0 aliphatic heterocycles. The van der Waals surface area contributed by atoms with E-state index in [1.54, 1.807) is 12.3 Å². The third-order valence-electron chi connectivity index (χ3n) is 3.32. The molecule has 0 spiro atoms. The normalized spacial score (nSPS) is 23.7. The lowest BCUT2D eigenvalue weighted by atomic mass is 9.93. The molecule has 1 amide bonds. The second kappa shape index (κ2) is 5.35. The minimum Gasteiger partial charge on any atom is -0.474 e. The Labute approximate surface area is 107 Å². The molecule has 2 atom stereocenters. The molecule has 4 N–H and O–H groups in total. The van der Waals surface area contributed by atoms with Gasteiger partial charge in [0.25, 0.3) is 5.91 Å². The molecule has 1 fully saturated rings. The Bertz CT molecular complexity index is 448. The van der Waals surface area contributed by atoms with E-state index >= 15 is 0 Å². The highest BCUT2D eigenvalue weighted by Gasteiger charge is 2.23. The third-order valence-corrected chi connectivity index (χ3v) is 3.32. The van der Waals surface area contributed by atoms with Crippen LogP contribution in [0.25, 0.3) is 0 Å². The molecule has 2 rings (SSSR count). The highest BCUT2D eigenvalue weighted by molar-refractivity contribution is 5.96. The molecular weight excluding hydrogens is 230 g/mol. The predicted molar refractivity (Wildman–Crippen MR) is 68.4 cm³/mol. The maximum Gasteiger partial charge on any atom is 0.254 e. The number of nitrogens with zero attached hydrogens (tertiary/aromatic N) is 1. The van der Waals surface area contributed by atoms with Gasteiger partial charge in [-0.1, -0.05) is 0 Å². The van der Waals surface area contributed by atoms with Crippen molar-refractivity contribution >= 4 is 5.91 Å². The monoisotopic (exact) mass is 249 g/mol. The number of hydrogen-bond donors (Lipinski definition) is 2. The van der Waals surface area contributed by atoms with Gasteiger partial charge in [0.05, 0.1) is 0 Å². The Balaban J connectivity index is 2.18. The van der Waals surface area contributed by atoms with E-state index in [0.29, 0.717) is 11.4 Å². The van der Waals surface area contributed by atoms with E-state index in [-0.39, 0.29) is 12.1 Å². The van der Waals surface area contributed by atoms with Gasteiger partial charge in [0.15, 0.2) is 0 Å². The van der Waals surface area contributed by atoms with E-state index in [0.717, 1.165) is 31.2 Å². The maximum atomic E-state index is 11.4. The first kappa shape index (κ1) is 12.8. The average Bonchev–Trinajstić information content (AvgIpc) is 2.28. The summed E-state index contributed by atoms with van der Waals surface area (Å²) in [5, 5.41) is 0. The van der Waals surface area contributed by atoms with E-state index in [4.69, 9.17) is 16.2 Å². The van der Waals surface area contributed by atoms with E-state index in [1.165, 1.54) is 0 Å². The van der Waals surface area contributed by atoms with Gasteiger partial charge in [0, 0.05) is 12.2 Å². The lowest BCUT2D eigenvalue weighted by Crippen LogP contribution is -2.34. The van der Waals surface area contributed by atoms with Gasteiger partial charge in [0.2, 0.25) is 5.88 Å². The zero-order chi connectivity index (χ0) is 13.1. The molecule has 1 saturated carbocycles. The van der Waals surface area contributed by atoms with E-state index < -0.39 is 5.91 Å². The van der Waals surface area contributed by atoms with Gasteiger partial charge in [-0.3, -0.25) is 4.79 Å². The number of aromatic nitrogens is 1. The molecule has 98 valence electrons. The van der Waals surface area contributed by atoms with Crippen molar-refractivity contribution in [1.82, 2.24) is 4.98 Å². The molecule has 1 heterocycles. The van der Waals surface area contributed by atoms with Crippen molar-refractivity contribution in [2.45, 2.75) is 44.8 Å². The summed E-state index contributed by atoms with van der Waals surface area (Å²) in [7, 11) is 0. The molecule has 0 radical (unpaired) electrons. The van der Waals surface area contributed by atoms with Gasteiger partial charge in [-0.15, -0.1) is 0 Å². The lowest BCUT2D eigenvalue weighted by molar-refractivity contribution is 0.0981. The summed E-state index contributed by atoms with van der Waals surface area (Å²) in [6.45, 7) is 1.82. The van der Waals surface area contributed by atoms with Crippen LogP contribution in [0, 0.1) is 6.92 Å². The summed E-state index contributed by atoms with van der Waals surface area (Å²) >= 11 is 0. The van der Waals surface area contributed by atoms with Crippen molar-refractivity contribution in [2.24, 2.45) is 11.5 Å². The van der Waals surface area contributed by atoms with E-state index in [2.05, 4.69) is 4.98 Å². The summed E-state index contributed by atoms with van der Waals surface area (Å²) in [5.74, 6) is -0.169. The molecule has 0 saturated heterocycles. The quantitative estimate of drug-likeness (QED) is 0.840. The van der Waals surface area contributed by atoms with Gasteiger partial charge in [-0.25, -0.2) is 4.98 Å². The van der Waals surface area contributed by atoms with Crippen LogP contribution in [0.2, 0.25) is 0 Å². The summed E-state index contributed by atoms with van der Waals surface area (Å²) in [5.41, 5.74) is 12.4. The minimum atomic E-state index is -0.504. The largest absolute Gasteiger partial charge is 0.474 e. The minimum absolute atomic E-state index is 0.0288. The van der Waals surface area contributed by atoms with Crippen LogP contribution in [0.1, 0.15) is 41.6 Å². The fourth-order valence-electron chi connectivity index (χ4n) is 2.37. The predicted octanol–water partition coefficient (Wildman–Crippen LogP) is 1.14. The Morgan fingerprint density at radius 2 is 2.28 bits per heavy atom. The number of nitrogens with two attached hydrogens (primary N) is 2. The van der Waals surface area contributed by atoms with Gasteiger partial charge >= 0.3 is 0 Å². The number of pyridine rings is 1. The molecule has 0 bridgehead atoms. The van der Waals surface area contributed by atoms with Crippen LogP contribution in [-0.2, 0) is 0 Å². The van der Waals surface area contributed by atoms with Gasteiger partial charge in [0.1, 0.15) is 11.7 Å². The lowest BCUT2D eigenvalue weighted by Gasteiger charge is -2.27. The number of rotatable bonds is 3. The molecule has 5 heteroatoms. The first-order valence-corrected chi connectivity index (χ1v) is 6.25. The van der Waals surface area contributed by atoms with Gasteiger partial charge in [-0.2, -0.15) is 0 Å². The first-order valence-electron chi connectivity index (χ1n) is 6.25. The Morgan fingerprint density at radius 1 is 1.50 bits per heavy atom. The summed E-state index contributed by atoms with van der Waals surface area (Å²) in [6, 6.07) is 1.92. The molecule has 5 nitrogen and oxygen atoms in total. The Hall–Kier alpha value is -1.62. The van der Waals surface area contributed by atoms with Crippen LogP contribution in [0.5, 0.6) is 5.88 Å². The standard InChI is InChI=1S/C13H19N3O2/c1-8-5-6-16-13(11(8)12(15)17)18-10-4-2-3-9(14)7-10/h5-6,9-10H,2-4,7,14H2,1H3,(H2,15,17). The van der Waals surface area contributed by atoms with Crippen LogP contribution in [0.3, 0.4) is 0 Å². The van der Waals surface area contributed by atoms with Crippen LogP contribution >= 0.6 is 0 Å². The number of amides is 1. The SMILES string of the molecule is Cc1ccnc(OC2CCCC(N)C2)c1C(N)=O. The molecule has 1 aliphatic carbocycles. The van der Waals surface area contributed by atoms with Crippen LogP contribution in [-0.4, -0.2) is 23.0 Å². The van der Waals surface area contributed by atoms with Crippen molar-refractivity contribution in [1.29, 1.82) is 0 Å². The Morgan fingerprint density at radius 3 is 2.94 bits per heavy atom. The van der Waals surface area contributed by atoms with Crippen LogP contribution in [0.4, 0.5) is 0 Å². The third kappa shape index (κ3) is 2.79. The van der Waals surface area contributed by atoms with Crippen LogP contribution < -0.4 is 16.2 Å². The van der Waals surface area contributed by atoms with Crippen molar-refractivity contribution in [2.75, 3.05) is 0 Å². The summed E-state index contributed by atoms with van der Waals surface area (Å²) in [4.78, 5) is 15.5. The molecular formula is C13H19N3O2. The number of ether oxygens (including phenoxy) is 1. The zero-order valence-corrected chi connectivity index (χ0v) is 10.6. The maximum absolute atomic E-state index is 11.4. The number of carbonyl (C=O) groups is 1. The van der Waals surface area contributed by atoms with Crippen LogP contribution in [0.15, 0.2) is 12.3 Å². The average molecular weight is 249 g/mol. The smallest absolute Gasteiger partial charge is 0.254 e. The molecule has 1 aromatic heterocycles. The number of hydrogen-bond acceptors (Lipinski definition) is 4. The molecule has 0 aromatic carbocycles. The molecule has 2 unspecified atom stereocenters. The molecule has 18 heavy (non-hydrogen) atoms. The highest BCUT2D eigenvalue weighted by atomic mass is 16.5.